The summed E-state index contributed by atoms with van der Waals surface area (Å²) in [6, 6.07) is 0. The van der Waals surface area contributed by atoms with Gasteiger partial charge in [-0.1, -0.05) is 11.8 Å². The molecule has 0 bridgehead atoms. The van der Waals surface area contributed by atoms with Crippen molar-refractivity contribution in [3.8, 4) is 6.19 Å². The Kier molecular flexibility index (Phi) is 5.02. The zero-order valence-corrected chi connectivity index (χ0v) is 9.31. The number of nitriles is 1. The lowest BCUT2D eigenvalue weighted by atomic mass is 10.0. The Labute approximate surface area is 87.8 Å². The number of aliphatic imine (C=N–C) groups is 1. The molecule has 0 aliphatic carbocycles. The molecule has 0 saturated heterocycles. The molecule has 0 radical (unpaired) electrons. The van der Waals surface area contributed by atoms with E-state index in [1.807, 2.05) is 0 Å². The second-order valence-electron chi connectivity index (χ2n) is 3.31. The summed E-state index contributed by atoms with van der Waals surface area (Å²) in [5.41, 5.74) is 4.49. The molecule has 0 fully saturated rings. The molecular weight excluding hydrogens is 200 g/mol. The highest BCUT2D eigenvalue weighted by Crippen LogP contribution is 2.15. The van der Waals surface area contributed by atoms with Crippen molar-refractivity contribution in [2.24, 2.45) is 10.7 Å². The Balaban J connectivity index is 4.57. The summed E-state index contributed by atoms with van der Waals surface area (Å²) < 4.78 is 0. The molecule has 78 valence electrons. The van der Waals surface area contributed by atoms with Crippen molar-refractivity contribution in [1.29, 1.82) is 5.26 Å². The van der Waals surface area contributed by atoms with Gasteiger partial charge in [0.2, 0.25) is 5.91 Å². The summed E-state index contributed by atoms with van der Waals surface area (Å²) in [4.78, 5) is 14.9. The summed E-state index contributed by atoms with van der Waals surface area (Å²) >= 11 is 1.31. The van der Waals surface area contributed by atoms with Crippen molar-refractivity contribution in [2.45, 2.75) is 25.8 Å². The molecule has 6 heteroatoms. The van der Waals surface area contributed by atoms with Gasteiger partial charge in [-0.05, 0) is 20.1 Å². The molecule has 1 amide bonds. The van der Waals surface area contributed by atoms with E-state index < -0.39 is 11.4 Å². The number of primary amides is 1. The van der Waals surface area contributed by atoms with Gasteiger partial charge in [0.15, 0.2) is 11.4 Å². The smallest absolute Gasteiger partial charge is 0.219 e. The number of nitrogens with zero attached hydrogens (tertiary/aromatic N) is 2. The number of thioether (sulfide) groups is 1. The number of amides is 1. The molecule has 0 aromatic rings. The zero-order valence-electron chi connectivity index (χ0n) is 8.50. The van der Waals surface area contributed by atoms with Gasteiger partial charge >= 0.3 is 0 Å². The van der Waals surface area contributed by atoms with Crippen molar-refractivity contribution in [3.05, 3.63) is 0 Å². The molecule has 0 saturated carbocycles. The maximum atomic E-state index is 10.7. The second-order valence-corrected chi connectivity index (χ2v) is 4.11. The Morgan fingerprint density at radius 3 is 2.64 bits per heavy atom. The van der Waals surface area contributed by atoms with Crippen LogP contribution in [0.4, 0.5) is 0 Å². The van der Waals surface area contributed by atoms with Crippen LogP contribution in [0.25, 0.3) is 0 Å². The summed E-state index contributed by atoms with van der Waals surface area (Å²) in [6.45, 7) is 3.57. The number of nitrogens with two attached hydrogens (primary N) is 1. The van der Waals surface area contributed by atoms with Crippen LogP contribution in [0.15, 0.2) is 4.99 Å². The summed E-state index contributed by atoms with van der Waals surface area (Å²) in [5, 5.41) is 11.3. The van der Waals surface area contributed by atoms with Gasteiger partial charge in [0.25, 0.3) is 0 Å². The minimum atomic E-state index is -0.575. The first-order chi connectivity index (χ1) is 6.41. The molecular formula is C8H14N4OS. The van der Waals surface area contributed by atoms with Crippen molar-refractivity contribution >= 4 is 22.8 Å². The maximum absolute atomic E-state index is 10.7. The second kappa shape index (κ2) is 5.50. The Bertz CT molecular complexity index is 280. The number of rotatable bonds is 3. The molecule has 0 unspecified atom stereocenters. The minimum absolute atomic E-state index is 0.157. The Morgan fingerprint density at radius 2 is 2.29 bits per heavy atom. The molecule has 0 aliphatic rings. The highest BCUT2D eigenvalue weighted by atomic mass is 32.2. The molecule has 0 heterocycles. The van der Waals surface area contributed by atoms with Crippen molar-refractivity contribution in [1.82, 2.24) is 5.32 Å². The van der Waals surface area contributed by atoms with Gasteiger partial charge in [0, 0.05) is 0 Å². The van der Waals surface area contributed by atoms with Gasteiger partial charge in [0.05, 0.1) is 12.0 Å². The van der Waals surface area contributed by atoms with E-state index in [1.54, 1.807) is 26.3 Å². The van der Waals surface area contributed by atoms with E-state index in [1.165, 1.54) is 11.8 Å². The standard InChI is InChI=1S/C8H14N4OS/c1-8(2,4-6(10)13)12-7(14-3)11-5-9/h4H2,1-3H3,(H2,10,13)(H,11,12). The number of hydrogen-bond acceptors (Lipinski definition) is 4. The fourth-order valence-corrected chi connectivity index (χ4v) is 1.40. The molecule has 0 aliphatic heterocycles. The summed E-state index contributed by atoms with van der Waals surface area (Å²) in [6.07, 6.45) is 3.73. The van der Waals surface area contributed by atoms with Crippen LogP contribution in [0, 0.1) is 11.5 Å². The molecule has 3 N–H and O–H groups in total. The van der Waals surface area contributed by atoms with E-state index in [9.17, 15) is 4.79 Å². The van der Waals surface area contributed by atoms with E-state index in [4.69, 9.17) is 11.0 Å². The lowest BCUT2D eigenvalue weighted by Gasteiger charge is -2.18. The van der Waals surface area contributed by atoms with Gasteiger partial charge in [-0.25, -0.2) is 0 Å². The first kappa shape index (κ1) is 12.8. The van der Waals surface area contributed by atoms with E-state index in [0.29, 0.717) is 5.17 Å². The molecule has 0 spiro atoms. The van der Waals surface area contributed by atoms with Crippen LogP contribution in [0.3, 0.4) is 0 Å². The van der Waals surface area contributed by atoms with E-state index in [2.05, 4.69) is 10.3 Å². The molecule has 0 aromatic heterocycles. The van der Waals surface area contributed by atoms with Gasteiger partial charge < -0.3 is 5.73 Å². The largest absolute Gasteiger partial charge is 0.370 e. The zero-order chi connectivity index (χ0) is 11.2. The van der Waals surface area contributed by atoms with Crippen LogP contribution in [0.2, 0.25) is 0 Å². The average Bonchev–Trinajstić information content (AvgIpc) is 2.00. The average molecular weight is 214 g/mol. The molecule has 14 heavy (non-hydrogen) atoms. The number of amidine groups is 1. The third kappa shape index (κ3) is 5.43. The Hall–Kier alpha value is -1.22. The van der Waals surface area contributed by atoms with Gasteiger partial charge in [-0.3, -0.25) is 15.1 Å². The van der Waals surface area contributed by atoms with Crippen LogP contribution >= 0.6 is 11.8 Å². The molecule has 0 rings (SSSR count). The fraction of sp³-hybridized carbons (Fsp3) is 0.625. The van der Waals surface area contributed by atoms with Crippen LogP contribution in [0.1, 0.15) is 20.3 Å². The predicted molar refractivity (Wildman–Crippen MR) is 57.6 cm³/mol. The lowest BCUT2D eigenvalue weighted by molar-refractivity contribution is -0.118. The third-order valence-electron chi connectivity index (χ3n) is 1.37. The normalized spacial score (nSPS) is 12.0. The van der Waals surface area contributed by atoms with E-state index in [-0.39, 0.29) is 6.42 Å². The van der Waals surface area contributed by atoms with Gasteiger partial charge in [-0.15, -0.1) is 0 Å². The number of carbonyl (C=O) groups excluding carboxylic acids is 1. The summed E-state index contributed by atoms with van der Waals surface area (Å²) in [5.74, 6) is -0.406. The van der Waals surface area contributed by atoms with E-state index in [0.717, 1.165) is 0 Å². The highest BCUT2D eigenvalue weighted by Gasteiger charge is 2.20. The first-order valence-corrected chi connectivity index (χ1v) is 5.21. The van der Waals surface area contributed by atoms with Crippen LogP contribution < -0.4 is 11.1 Å². The molecule has 0 atom stereocenters. The number of carbonyl (C=O) groups is 1. The topological polar surface area (TPSA) is 91.3 Å². The SMILES string of the molecule is CSC(=NC(C)(C)CC(N)=O)NC#N. The van der Waals surface area contributed by atoms with Crippen LogP contribution in [-0.2, 0) is 4.79 Å². The third-order valence-corrected chi connectivity index (χ3v) is 1.95. The fourth-order valence-electron chi connectivity index (χ4n) is 0.913. The first-order valence-electron chi connectivity index (χ1n) is 3.98. The van der Waals surface area contributed by atoms with Gasteiger partial charge in [0.1, 0.15) is 0 Å². The highest BCUT2D eigenvalue weighted by molar-refractivity contribution is 8.13. The molecule has 0 aromatic carbocycles. The monoisotopic (exact) mass is 214 g/mol. The summed E-state index contributed by atoms with van der Waals surface area (Å²) in [7, 11) is 0. The van der Waals surface area contributed by atoms with Crippen molar-refractivity contribution < 1.29 is 4.79 Å². The maximum Gasteiger partial charge on any atom is 0.219 e. The van der Waals surface area contributed by atoms with Crippen molar-refractivity contribution in [2.75, 3.05) is 6.26 Å². The van der Waals surface area contributed by atoms with Gasteiger partial charge in [-0.2, -0.15) is 5.26 Å². The van der Waals surface area contributed by atoms with E-state index >= 15 is 0 Å². The molecule has 5 nitrogen and oxygen atoms in total. The minimum Gasteiger partial charge on any atom is -0.370 e. The number of nitrogens with one attached hydrogen (secondary N) is 1. The van der Waals surface area contributed by atoms with Crippen LogP contribution in [0.5, 0.6) is 0 Å². The quantitative estimate of drug-likeness (QED) is 0.308. The lowest BCUT2D eigenvalue weighted by Crippen LogP contribution is -2.29. The van der Waals surface area contributed by atoms with Crippen molar-refractivity contribution in [3.63, 3.8) is 0 Å². The number of hydrogen-bond donors (Lipinski definition) is 2. The predicted octanol–water partition coefficient (Wildman–Crippen LogP) is 0.430. The Morgan fingerprint density at radius 1 is 1.71 bits per heavy atom. The van der Waals surface area contributed by atoms with Crippen LogP contribution in [-0.4, -0.2) is 22.9 Å².